The van der Waals surface area contributed by atoms with Gasteiger partial charge >= 0.3 is 18.0 Å². The number of ether oxygens (including phenoxy) is 2. The normalized spacial score (nSPS) is 15.6. The summed E-state index contributed by atoms with van der Waals surface area (Å²) in [4.78, 5) is 39.3. The molecule has 0 saturated heterocycles. The Kier molecular flexibility index (Phi) is 8.60. The smallest absolute Gasteiger partial charge is 0.338 e. The van der Waals surface area contributed by atoms with Crippen molar-refractivity contribution in [2.45, 2.75) is 25.9 Å². The summed E-state index contributed by atoms with van der Waals surface area (Å²) < 4.78 is 10.1. The van der Waals surface area contributed by atoms with Crippen LogP contribution in [0.25, 0.3) is 0 Å². The van der Waals surface area contributed by atoms with Crippen molar-refractivity contribution in [2.24, 2.45) is 0 Å². The van der Waals surface area contributed by atoms with Crippen LogP contribution in [0.5, 0.6) is 0 Å². The fourth-order valence-corrected chi connectivity index (χ4v) is 3.72. The van der Waals surface area contributed by atoms with Crippen LogP contribution in [0.15, 0.2) is 71.9 Å². The van der Waals surface area contributed by atoms with Crippen molar-refractivity contribution in [1.82, 2.24) is 15.5 Å². The molecular weight excluding hydrogens is 422 g/mol. The molecule has 8 nitrogen and oxygen atoms in total. The Hall–Kier alpha value is -3.65. The summed E-state index contributed by atoms with van der Waals surface area (Å²) >= 11 is 0. The van der Waals surface area contributed by atoms with Crippen LogP contribution >= 0.6 is 0 Å². The molecule has 2 aromatic carbocycles. The monoisotopic (exact) mass is 451 g/mol. The number of benzene rings is 2. The number of amides is 2. The number of methoxy groups -OCH3 is 1. The molecule has 2 amide bonds. The maximum absolute atomic E-state index is 13.0. The first-order chi connectivity index (χ1) is 16.0. The Morgan fingerprint density at radius 3 is 2.30 bits per heavy atom. The van der Waals surface area contributed by atoms with Crippen LogP contribution in [0.3, 0.4) is 0 Å². The summed E-state index contributed by atoms with van der Waals surface area (Å²) in [6, 6.07) is 18.0. The van der Waals surface area contributed by atoms with E-state index in [0.29, 0.717) is 24.4 Å². The predicted molar refractivity (Wildman–Crippen MR) is 123 cm³/mol. The van der Waals surface area contributed by atoms with Gasteiger partial charge in [-0.2, -0.15) is 0 Å². The third-order valence-electron chi connectivity index (χ3n) is 5.27. The van der Waals surface area contributed by atoms with Crippen LogP contribution < -0.4 is 10.6 Å². The molecule has 2 N–H and O–H groups in total. The van der Waals surface area contributed by atoms with Gasteiger partial charge in [0, 0.05) is 25.3 Å². The molecule has 1 unspecified atom stereocenters. The SMILES string of the molecule is CCOC(=O)C1=C(CN(CCC(=O)OC)Cc2ccccc2)NC(=O)NC1c1ccccc1. The summed E-state index contributed by atoms with van der Waals surface area (Å²) in [6.45, 7) is 3.11. The fraction of sp³-hybridized carbons (Fsp3) is 0.320. The highest BCUT2D eigenvalue weighted by Gasteiger charge is 2.34. The van der Waals surface area contributed by atoms with Gasteiger partial charge in [0.05, 0.1) is 31.8 Å². The predicted octanol–water partition coefficient (Wildman–Crippen LogP) is 2.92. The van der Waals surface area contributed by atoms with Crippen molar-refractivity contribution >= 4 is 18.0 Å². The maximum Gasteiger partial charge on any atom is 0.338 e. The molecule has 1 aliphatic rings. The lowest BCUT2D eigenvalue weighted by molar-refractivity contribution is -0.141. The Bertz CT molecular complexity index is 992. The molecule has 8 heteroatoms. The Morgan fingerprint density at radius 1 is 1.00 bits per heavy atom. The fourth-order valence-electron chi connectivity index (χ4n) is 3.72. The second-order valence-electron chi connectivity index (χ2n) is 7.58. The summed E-state index contributed by atoms with van der Waals surface area (Å²) in [5, 5.41) is 5.63. The lowest BCUT2D eigenvalue weighted by Crippen LogP contribution is -2.48. The summed E-state index contributed by atoms with van der Waals surface area (Å²) in [5.41, 5.74) is 2.61. The highest BCUT2D eigenvalue weighted by molar-refractivity contribution is 5.95. The van der Waals surface area contributed by atoms with Gasteiger partial charge in [-0.15, -0.1) is 0 Å². The van der Waals surface area contributed by atoms with E-state index in [0.717, 1.165) is 11.1 Å². The van der Waals surface area contributed by atoms with Crippen LogP contribution in [0.4, 0.5) is 4.79 Å². The molecule has 1 atom stereocenters. The first-order valence-electron chi connectivity index (χ1n) is 10.9. The number of urea groups is 1. The van der Waals surface area contributed by atoms with Gasteiger partial charge < -0.3 is 20.1 Å². The van der Waals surface area contributed by atoms with Gasteiger partial charge in [0.1, 0.15) is 0 Å². The van der Waals surface area contributed by atoms with Crippen LogP contribution in [0.1, 0.15) is 30.5 Å². The van der Waals surface area contributed by atoms with E-state index < -0.39 is 18.0 Å². The number of hydrogen-bond acceptors (Lipinski definition) is 6. The average Bonchev–Trinajstić information content (AvgIpc) is 2.83. The highest BCUT2D eigenvalue weighted by atomic mass is 16.5. The molecule has 33 heavy (non-hydrogen) atoms. The minimum atomic E-state index is -0.645. The average molecular weight is 452 g/mol. The maximum atomic E-state index is 13.0. The summed E-state index contributed by atoms with van der Waals surface area (Å²) in [7, 11) is 1.35. The number of nitrogens with zero attached hydrogens (tertiary/aromatic N) is 1. The molecule has 0 saturated carbocycles. The molecule has 2 aromatic rings. The third-order valence-corrected chi connectivity index (χ3v) is 5.27. The Balaban J connectivity index is 1.96. The number of nitrogens with one attached hydrogen (secondary N) is 2. The molecular formula is C25H29N3O5. The van der Waals surface area contributed by atoms with Gasteiger partial charge in [-0.25, -0.2) is 9.59 Å². The molecule has 0 radical (unpaired) electrons. The lowest BCUT2D eigenvalue weighted by atomic mass is 9.95. The van der Waals surface area contributed by atoms with Gasteiger partial charge in [0.2, 0.25) is 0 Å². The van der Waals surface area contributed by atoms with Crippen LogP contribution in [-0.4, -0.2) is 49.7 Å². The molecule has 0 bridgehead atoms. The van der Waals surface area contributed by atoms with Crippen molar-refractivity contribution in [3.05, 3.63) is 83.1 Å². The van der Waals surface area contributed by atoms with E-state index in [4.69, 9.17) is 9.47 Å². The van der Waals surface area contributed by atoms with Gasteiger partial charge in [-0.05, 0) is 18.1 Å². The largest absolute Gasteiger partial charge is 0.469 e. The van der Waals surface area contributed by atoms with Gasteiger partial charge in [0.25, 0.3) is 0 Å². The van der Waals surface area contributed by atoms with Crippen molar-refractivity contribution in [3.8, 4) is 0 Å². The van der Waals surface area contributed by atoms with Gasteiger partial charge in [-0.1, -0.05) is 60.7 Å². The van der Waals surface area contributed by atoms with Crippen LogP contribution in [0, 0.1) is 0 Å². The van der Waals surface area contributed by atoms with Gasteiger partial charge in [0.15, 0.2) is 0 Å². The molecule has 3 rings (SSSR count). The molecule has 174 valence electrons. The lowest BCUT2D eigenvalue weighted by Gasteiger charge is -2.32. The minimum Gasteiger partial charge on any atom is -0.469 e. The van der Waals surface area contributed by atoms with E-state index in [1.54, 1.807) is 6.92 Å². The van der Waals surface area contributed by atoms with E-state index >= 15 is 0 Å². The van der Waals surface area contributed by atoms with Crippen LogP contribution in [-0.2, 0) is 25.6 Å². The number of carbonyl (C=O) groups excluding carboxylic acids is 3. The van der Waals surface area contributed by atoms with E-state index in [9.17, 15) is 14.4 Å². The number of hydrogen-bond donors (Lipinski definition) is 2. The quantitative estimate of drug-likeness (QED) is 0.539. The van der Waals surface area contributed by atoms with E-state index in [1.165, 1.54) is 7.11 Å². The van der Waals surface area contributed by atoms with Crippen molar-refractivity contribution in [1.29, 1.82) is 0 Å². The first kappa shape index (κ1) is 24.0. The molecule has 0 aromatic heterocycles. The molecule has 0 fully saturated rings. The Morgan fingerprint density at radius 2 is 1.67 bits per heavy atom. The van der Waals surface area contributed by atoms with Gasteiger partial charge in [-0.3, -0.25) is 9.69 Å². The zero-order chi connectivity index (χ0) is 23.6. The van der Waals surface area contributed by atoms with Crippen LogP contribution in [0.2, 0.25) is 0 Å². The molecule has 1 heterocycles. The van der Waals surface area contributed by atoms with Crippen molar-refractivity contribution < 1.29 is 23.9 Å². The summed E-state index contributed by atoms with van der Waals surface area (Å²) in [5.74, 6) is -0.828. The summed E-state index contributed by atoms with van der Waals surface area (Å²) in [6.07, 6.45) is 0.180. The molecule has 0 aliphatic carbocycles. The minimum absolute atomic E-state index is 0.180. The number of rotatable bonds is 10. The number of esters is 2. The van der Waals surface area contributed by atoms with Crippen molar-refractivity contribution in [3.63, 3.8) is 0 Å². The second kappa shape index (κ2) is 11.8. The zero-order valence-corrected chi connectivity index (χ0v) is 18.9. The van der Waals surface area contributed by atoms with E-state index in [1.807, 2.05) is 65.6 Å². The second-order valence-corrected chi connectivity index (χ2v) is 7.58. The molecule has 1 aliphatic heterocycles. The standard InChI is InChI=1S/C25H29N3O5/c1-3-33-24(30)22-20(26-25(31)27-23(22)19-12-8-5-9-13-19)17-28(15-14-21(29)32-2)16-18-10-6-4-7-11-18/h4-13,23H,3,14-17H2,1-2H3,(H2,26,27,31). The highest BCUT2D eigenvalue weighted by Crippen LogP contribution is 2.28. The Labute approximate surface area is 193 Å². The van der Waals surface area contributed by atoms with Crippen molar-refractivity contribution in [2.75, 3.05) is 26.8 Å². The van der Waals surface area contributed by atoms with E-state index in [2.05, 4.69) is 10.6 Å². The topological polar surface area (TPSA) is 97.0 Å². The number of carbonyl (C=O) groups is 3. The zero-order valence-electron chi connectivity index (χ0n) is 18.9. The van der Waals surface area contributed by atoms with E-state index in [-0.39, 0.29) is 25.5 Å². The third kappa shape index (κ3) is 6.66. The molecule has 0 spiro atoms. The first-order valence-corrected chi connectivity index (χ1v) is 10.9.